The van der Waals surface area contributed by atoms with Crippen LogP contribution in [-0.4, -0.2) is 20.8 Å². The quantitative estimate of drug-likeness (QED) is 0.760. The van der Waals surface area contributed by atoms with Gasteiger partial charge in [-0.05, 0) is 55.2 Å². The van der Waals surface area contributed by atoms with Gasteiger partial charge >= 0.3 is 0 Å². The first-order chi connectivity index (χ1) is 13.7. The van der Waals surface area contributed by atoms with Gasteiger partial charge in [0.25, 0.3) is 5.56 Å². The highest BCUT2D eigenvalue weighted by Crippen LogP contribution is 2.49. The summed E-state index contributed by atoms with van der Waals surface area (Å²) in [5.41, 5.74) is 3.85. The number of hydrogen-bond donors (Lipinski definition) is 1. The number of nitrogens with one attached hydrogen (secondary N) is 1. The molecule has 6 heteroatoms. The molecule has 1 aromatic carbocycles. The molecule has 1 amide bonds. The summed E-state index contributed by atoms with van der Waals surface area (Å²) in [5, 5.41) is 5.74. The molecule has 2 heterocycles. The Morgan fingerprint density at radius 2 is 1.96 bits per heavy atom. The lowest BCUT2D eigenvalue weighted by Gasteiger charge is -2.21. The second-order valence-corrected chi connectivity index (χ2v) is 8.03. The molecular formula is C22H22N4O2. The molecule has 0 spiro atoms. The Morgan fingerprint density at radius 3 is 2.68 bits per heavy atom. The molecular weight excluding hydrogens is 352 g/mol. The summed E-state index contributed by atoms with van der Waals surface area (Å²) in [6, 6.07) is 11.0. The second kappa shape index (κ2) is 6.86. The zero-order valence-electron chi connectivity index (χ0n) is 15.5. The number of carbonyl (C=O) groups excluding carboxylic acids is 1. The normalized spacial score (nSPS) is 23.2. The molecule has 1 N–H and O–H groups in total. The predicted octanol–water partition coefficient (Wildman–Crippen LogP) is 3.35. The van der Waals surface area contributed by atoms with Gasteiger partial charge in [0.05, 0.1) is 5.39 Å². The Balaban J connectivity index is 1.48. The van der Waals surface area contributed by atoms with Gasteiger partial charge in [0, 0.05) is 29.8 Å². The van der Waals surface area contributed by atoms with E-state index in [-0.39, 0.29) is 11.5 Å². The third-order valence-corrected chi connectivity index (χ3v) is 6.30. The van der Waals surface area contributed by atoms with Crippen molar-refractivity contribution in [3.05, 3.63) is 59.1 Å². The van der Waals surface area contributed by atoms with E-state index in [9.17, 15) is 9.59 Å². The SMILES string of the molecule is O=C(CC1CC2CCC1C2)Nn1nc(-c2cccnc2)c2ccccc2c1=O. The molecule has 5 rings (SSSR count). The number of aromatic nitrogens is 3. The highest BCUT2D eigenvalue weighted by molar-refractivity contribution is 5.94. The van der Waals surface area contributed by atoms with Crippen LogP contribution < -0.4 is 11.0 Å². The van der Waals surface area contributed by atoms with Crippen molar-refractivity contribution in [1.29, 1.82) is 0 Å². The van der Waals surface area contributed by atoms with Gasteiger partial charge < -0.3 is 0 Å². The smallest absolute Gasteiger partial charge is 0.273 e. The van der Waals surface area contributed by atoms with Crippen molar-refractivity contribution in [2.45, 2.75) is 32.1 Å². The number of hydrogen-bond acceptors (Lipinski definition) is 4. The van der Waals surface area contributed by atoms with Crippen molar-refractivity contribution >= 4 is 16.7 Å². The van der Waals surface area contributed by atoms with E-state index in [1.807, 2.05) is 30.3 Å². The van der Waals surface area contributed by atoms with Crippen LogP contribution in [0.2, 0.25) is 0 Å². The average Bonchev–Trinajstić information content (AvgIpc) is 3.34. The summed E-state index contributed by atoms with van der Waals surface area (Å²) in [5.74, 6) is 1.76. The van der Waals surface area contributed by atoms with Gasteiger partial charge in [-0.2, -0.15) is 0 Å². The lowest BCUT2D eigenvalue weighted by atomic mass is 9.86. The van der Waals surface area contributed by atoms with Crippen molar-refractivity contribution < 1.29 is 4.79 Å². The first-order valence-electron chi connectivity index (χ1n) is 9.91. The molecule has 142 valence electrons. The van der Waals surface area contributed by atoms with E-state index in [1.165, 1.54) is 19.3 Å². The maximum atomic E-state index is 12.9. The molecule has 28 heavy (non-hydrogen) atoms. The minimum absolute atomic E-state index is 0.139. The number of nitrogens with zero attached hydrogens (tertiary/aromatic N) is 3. The number of pyridine rings is 1. The van der Waals surface area contributed by atoms with Crippen LogP contribution in [0.1, 0.15) is 32.1 Å². The van der Waals surface area contributed by atoms with Gasteiger partial charge in [-0.3, -0.25) is 14.6 Å². The van der Waals surface area contributed by atoms with Crippen LogP contribution in [0.25, 0.3) is 22.0 Å². The first kappa shape index (κ1) is 17.1. The largest absolute Gasteiger partial charge is 0.294 e. The zero-order valence-corrected chi connectivity index (χ0v) is 15.5. The van der Waals surface area contributed by atoms with Gasteiger partial charge in [-0.25, -0.2) is 5.43 Å². The van der Waals surface area contributed by atoms with Crippen molar-refractivity contribution in [3.63, 3.8) is 0 Å². The van der Waals surface area contributed by atoms with Gasteiger partial charge in [-0.15, -0.1) is 9.89 Å². The Morgan fingerprint density at radius 1 is 1.11 bits per heavy atom. The molecule has 2 bridgehead atoms. The molecule has 0 aliphatic heterocycles. The van der Waals surface area contributed by atoms with Crippen molar-refractivity contribution in [2.75, 3.05) is 5.43 Å². The molecule has 2 aliphatic rings. The fourth-order valence-electron chi connectivity index (χ4n) is 5.01. The predicted molar refractivity (Wildman–Crippen MR) is 107 cm³/mol. The molecule has 2 aliphatic carbocycles. The standard InChI is InChI=1S/C22H22N4O2/c27-20(12-17-11-14-7-8-15(17)10-14)24-26-22(28)19-6-2-1-5-18(19)21(25-26)16-4-3-9-23-13-16/h1-6,9,13-15,17H,7-8,10-12H2,(H,24,27). The Hall–Kier alpha value is -3.02. The molecule has 3 aromatic rings. The van der Waals surface area contributed by atoms with E-state index in [4.69, 9.17) is 0 Å². The molecule has 2 fully saturated rings. The van der Waals surface area contributed by atoms with Gasteiger partial charge in [0.2, 0.25) is 5.91 Å². The van der Waals surface area contributed by atoms with Crippen molar-refractivity contribution in [3.8, 4) is 11.3 Å². The van der Waals surface area contributed by atoms with Crippen molar-refractivity contribution in [2.24, 2.45) is 17.8 Å². The van der Waals surface area contributed by atoms with Crippen LogP contribution in [0.4, 0.5) is 0 Å². The lowest BCUT2D eigenvalue weighted by Crippen LogP contribution is -2.36. The topological polar surface area (TPSA) is 76.9 Å². The van der Waals surface area contributed by atoms with Crippen LogP contribution in [0.5, 0.6) is 0 Å². The van der Waals surface area contributed by atoms with Crippen LogP contribution in [-0.2, 0) is 4.79 Å². The minimum atomic E-state index is -0.315. The summed E-state index contributed by atoms with van der Waals surface area (Å²) in [6.45, 7) is 0. The minimum Gasteiger partial charge on any atom is -0.273 e. The average molecular weight is 374 g/mol. The zero-order chi connectivity index (χ0) is 19.1. The molecule has 0 saturated heterocycles. The Labute approximate surface area is 162 Å². The fourth-order valence-corrected chi connectivity index (χ4v) is 5.01. The molecule has 3 unspecified atom stereocenters. The maximum absolute atomic E-state index is 12.9. The van der Waals surface area contributed by atoms with E-state index >= 15 is 0 Å². The lowest BCUT2D eigenvalue weighted by molar-refractivity contribution is -0.118. The van der Waals surface area contributed by atoms with Crippen molar-refractivity contribution in [1.82, 2.24) is 14.9 Å². The number of amides is 1. The van der Waals surface area contributed by atoms with Gasteiger partial charge in [0.1, 0.15) is 5.69 Å². The number of fused-ring (bicyclic) bond motifs is 3. The van der Waals surface area contributed by atoms with E-state index in [2.05, 4.69) is 15.5 Å². The molecule has 2 aromatic heterocycles. The third-order valence-electron chi connectivity index (χ3n) is 6.30. The van der Waals surface area contributed by atoms with Crippen LogP contribution in [0, 0.1) is 17.8 Å². The third kappa shape index (κ3) is 2.99. The van der Waals surface area contributed by atoms with E-state index in [0.29, 0.717) is 29.3 Å². The van der Waals surface area contributed by atoms with E-state index in [1.54, 1.807) is 18.5 Å². The summed E-state index contributed by atoms with van der Waals surface area (Å²) >= 11 is 0. The fraction of sp³-hybridized carbons (Fsp3) is 0.364. The summed E-state index contributed by atoms with van der Waals surface area (Å²) in [7, 11) is 0. The van der Waals surface area contributed by atoms with Gasteiger partial charge in [0.15, 0.2) is 0 Å². The van der Waals surface area contributed by atoms with E-state index in [0.717, 1.165) is 28.1 Å². The maximum Gasteiger partial charge on any atom is 0.294 e. The highest BCUT2D eigenvalue weighted by atomic mass is 16.2. The van der Waals surface area contributed by atoms with Crippen LogP contribution >= 0.6 is 0 Å². The monoisotopic (exact) mass is 374 g/mol. The van der Waals surface area contributed by atoms with E-state index < -0.39 is 0 Å². The number of carbonyl (C=O) groups is 1. The Bertz CT molecular complexity index is 1090. The number of benzene rings is 1. The van der Waals surface area contributed by atoms with Crippen LogP contribution in [0.15, 0.2) is 53.6 Å². The van der Waals surface area contributed by atoms with Gasteiger partial charge in [-0.1, -0.05) is 24.6 Å². The van der Waals surface area contributed by atoms with Crippen LogP contribution in [0.3, 0.4) is 0 Å². The summed E-state index contributed by atoms with van der Waals surface area (Å²) in [6.07, 6.45) is 8.81. The summed E-state index contributed by atoms with van der Waals surface area (Å²) in [4.78, 5) is 30.8. The number of rotatable bonds is 4. The molecule has 6 nitrogen and oxygen atoms in total. The Kier molecular flexibility index (Phi) is 4.19. The summed E-state index contributed by atoms with van der Waals surface area (Å²) < 4.78 is 0. The molecule has 3 atom stereocenters. The molecule has 0 radical (unpaired) electrons. The highest BCUT2D eigenvalue weighted by Gasteiger charge is 2.40. The molecule has 2 saturated carbocycles. The first-order valence-corrected chi connectivity index (χ1v) is 9.91. The second-order valence-electron chi connectivity index (χ2n) is 8.03.